The average Bonchev–Trinajstić information content (AvgIpc) is 2.41. The van der Waals surface area contributed by atoms with Gasteiger partial charge in [0.05, 0.1) is 24.2 Å². The molecule has 1 fully saturated rings. The van der Waals surface area contributed by atoms with Gasteiger partial charge in [-0.25, -0.2) is 4.39 Å². The summed E-state index contributed by atoms with van der Waals surface area (Å²) in [4.78, 5) is 21.9. The van der Waals surface area contributed by atoms with E-state index in [1.165, 1.54) is 6.07 Å². The maximum atomic E-state index is 13.0. The summed E-state index contributed by atoms with van der Waals surface area (Å²) in [6.07, 6.45) is 0.133. The van der Waals surface area contributed by atoms with E-state index in [0.717, 1.165) is 12.1 Å². The lowest BCUT2D eigenvalue weighted by atomic mass is 10.2. The molecule has 8 heteroatoms. The van der Waals surface area contributed by atoms with E-state index in [0.29, 0.717) is 19.8 Å². The van der Waals surface area contributed by atoms with Gasteiger partial charge in [-0.2, -0.15) is 0 Å². The molecule has 2 rings (SSSR count). The van der Waals surface area contributed by atoms with Crippen molar-refractivity contribution in [1.82, 2.24) is 5.32 Å². The third-order valence-corrected chi connectivity index (χ3v) is 2.86. The van der Waals surface area contributed by atoms with Crippen molar-refractivity contribution >= 4 is 17.3 Å². The summed E-state index contributed by atoms with van der Waals surface area (Å²) in [7, 11) is 0. The van der Waals surface area contributed by atoms with Gasteiger partial charge in [0.25, 0.3) is 5.69 Å². The SMILES string of the molecule is O=C(CC1COCCN1)Nc1ccc(F)cc1[N+](=O)[O-]. The lowest BCUT2D eigenvalue weighted by molar-refractivity contribution is -0.384. The number of anilines is 1. The van der Waals surface area contributed by atoms with Crippen LogP contribution in [-0.2, 0) is 9.53 Å². The number of nitrogens with one attached hydrogen (secondary N) is 2. The number of nitro groups is 1. The number of carbonyl (C=O) groups excluding carboxylic acids is 1. The van der Waals surface area contributed by atoms with Gasteiger partial charge in [0.15, 0.2) is 0 Å². The zero-order valence-corrected chi connectivity index (χ0v) is 10.6. The van der Waals surface area contributed by atoms with Crippen molar-refractivity contribution in [3.05, 3.63) is 34.1 Å². The molecular formula is C12H14FN3O4. The zero-order valence-electron chi connectivity index (χ0n) is 10.6. The molecule has 0 spiro atoms. The highest BCUT2D eigenvalue weighted by atomic mass is 19.1. The van der Waals surface area contributed by atoms with Crippen molar-refractivity contribution < 1.29 is 18.8 Å². The zero-order chi connectivity index (χ0) is 14.5. The number of nitro benzene ring substituents is 1. The van der Waals surface area contributed by atoms with E-state index in [1.54, 1.807) is 0 Å². The number of amides is 1. The quantitative estimate of drug-likeness (QED) is 0.636. The summed E-state index contributed by atoms with van der Waals surface area (Å²) in [5.41, 5.74) is -0.482. The largest absolute Gasteiger partial charge is 0.378 e. The summed E-state index contributed by atoms with van der Waals surface area (Å²) in [5, 5.41) is 16.3. The number of carbonyl (C=O) groups is 1. The third-order valence-electron chi connectivity index (χ3n) is 2.86. The Balaban J connectivity index is 2.01. The molecule has 0 saturated carbocycles. The molecule has 1 saturated heterocycles. The number of hydrogen-bond donors (Lipinski definition) is 2. The van der Waals surface area contributed by atoms with Crippen LogP contribution in [0.25, 0.3) is 0 Å². The van der Waals surface area contributed by atoms with E-state index in [2.05, 4.69) is 10.6 Å². The van der Waals surface area contributed by atoms with E-state index in [4.69, 9.17) is 4.74 Å². The summed E-state index contributed by atoms with van der Waals surface area (Å²) >= 11 is 0. The van der Waals surface area contributed by atoms with Gasteiger partial charge >= 0.3 is 0 Å². The van der Waals surface area contributed by atoms with Gasteiger partial charge in [-0.05, 0) is 12.1 Å². The molecule has 0 bridgehead atoms. The minimum absolute atomic E-state index is 0.0156. The maximum absolute atomic E-state index is 13.0. The molecule has 1 heterocycles. The first kappa shape index (κ1) is 14.4. The molecule has 1 atom stereocenters. The molecule has 1 amide bonds. The van der Waals surface area contributed by atoms with Crippen molar-refractivity contribution in [3.63, 3.8) is 0 Å². The second kappa shape index (κ2) is 6.40. The van der Waals surface area contributed by atoms with Crippen LogP contribution in [0.15, 0.2) is 18.2 Å². The predicted molar refractivity (Wildman–Crippen MR) is 68.9 cm³/mol. The van der Waals surface area contributed by atoms with E-state index in [-0.39, 0.29) is 24.1 Å². The maximum Gasteiger partial charge on any atom is 0.295 e. The standard InChI is InChI=1S/C12H14FN3O4/c13-8-1-2-10(11(5-8)16(18)19)15-12(17)6-9-7-20-4-3-14-9/h1-2,5,9,14H,3-4,6-7H2,(H,15,17). The number of ether oxygens (including phenoxy) is 1. The Bertz CT molecular complexity index is 517. The molecule has 20 heavy (non-hydrogen) atoms. The monoisotopic (exact) mass is 283 g/mol. The van der Waals surface area contributed by atoms with Crippen molar-refractivity contribution in [2.75, 3.05) is 25.1 Å². The minimum atomic E-state index is -0.735. The van der Waals surface area contributed by atoms with Gasteiger partial charge < -0.3 is 15.4 Å². The molecule has 1 aromatic rings. The molecule has 108 valence electrons. The lowest BCUT2D eigenvalue weighted by Gasteiger charge is -2.23. The van der Waals surface area contributed by atoms with Crippen molar-refractivity contribution in [3.8, 4) is 0 Å². The van der Waals surface area contributed by atoms with E-state index < -0.39 is 16.4 Å². The van der Waals surface area contributed by atoms with Gasteiger partial charge in [-0.15, -0.1) is 0 Å². The second-order valence-corrected chi connectivity index (χ2v) is 4.40. The molecule has 1 unspecified atom stereocenters. The van der Waals surface area contributed by atoms with Crippen LogP contribution in [0.3, 0.4) is 0 Å². The van der Waals surface area contributed by atoms with Crippen LogP contribution in [0.1, 0.15) is 6.42 Å². The van der Waals surface area contributed by atoms with Gasteiger partial charge in [0.1, 0.15) is 11.5 Å². The summed E-state index contributed by atoms with van der Waals surface area (Å²) in [6.45, 7) is 1.68. The van der Waals surface area contributed by atoms with Crippen molar-refractivity contribution in [2.45, 2.75) is 12.5 Å². The number of halogens is 1. The lowest BCUT2D eigenvalue weighted by Crippen LogP contribution is -2.43. The van der Waals surface area contributed by atoms with Gasteiger partial charge in [0.2, 0.25) is 5.91 Å². The summed E-state index contributed by atoms with van der Waals surface area (Å²) < 4.78 is 18.2. The third kappa shape index (κ3) is 3.72. The first-order chi connectivity index (χ1) is 9.56. The Morgan fingerprint density at radius 2 is 2.40 bits per heavy atom. The predicted octanol–water partition coefficient (Wildman–Crippen LogP) is 1.05. The first-order valence-electron chi connectivity index (χ1n) is 6.11. The van der Waals surface area contributed by atoms with Crippen LogP contribution in [0.5, 0.6) is 0 Å². The summed E-state index contributed by atoms with van der Waals surface area (Å²) in [6, 6.07) is 2.89. The molecular weight excluding hydrogens is 269 g/mol. The fourth-order valence-corrected chi connectivity index (χ4v) is 1.94. The van der Waals surface area contributed by atoms with Gasteiger partial charge in [0, 0.05) is 19.0 Å². The van der Waals surface area contributed by atoms with Crippen LogP contribution in [0.4, 0.5) is 15.8 Å². The number of nitrogens with zero attached hydrogens (tertiary/aromatic N) is 1. The van der Waals surface area contributed by atoms with Crippen LogP contribution < -0.4 is 10.6 Å². The first-order valence-corrected chi connectivity index (χ1v) is 6.11. The average molecular weight is 283 g/mol. The highest BCUT2D eigenvalue weighted by molar-refractivity contribution is 5.93. The smallest absolute Gasteiger partial charge is 0.295 e. The minimum Gasteiger partial charge on any atom is -0.378 e. The molecule has 1 aliphatic heterocycles. The molecule has 1 aromatic carbocycles. The fourth-order valence-electron chi connectivity index (χ4n) is 1.94. The Hall–Kier alpha value is -2.06. The number of morpholine rings is 1. The van der Waals surface area contributed by atoms with Gasteiger partial charge in [-0.1, -0.05) is 0 Å². The Morgan fingerprint density at radius 3 is 3.05 bits per heavy atom. The number of hydrogen-bond acceptors (Lipinski definition) is 5. The van der Waals surface area contributed by atoms with Crippen LogP contribution in [-0.4, -0.2) is 36.6 Å². The molecule has 2 N–H and O–H groups in total. The number of benzene rings is 1. The molecule has 1 aliphatic rings. The Labute approximate surface area is 114 Å². The van der Waals surface area contributed by atoms with Crippen LogP contribution >= 0.6 is 0 Å². The summed E-state index contributed by atoms with van der Waals surface area (Å²) in [5.74, 6) is -1.11. The Morgan fingerprint density at radius 1 is 1.60 bits per heavy atom. The van der Waals surface area contributed by atoms with E-state index >= 15 is 0 Å². The van der Waals surface area contributed by atoms with E-state index in [1.807, 2.05) is 0 Å². The fraction of sp³-hybridized carbons (Fsp3) is 0.417. The molecule has 7 nitrogen and oxygen atoms in total. The number of rotatable bonds is 4. The van der Waals surface area contributed by atoms with Gasteiger partial charge in [-0.3, -0.25) is 14.9 Å². The topological polar surface area (TPSA) is 93.5 Å². The highest BCUT2D eigenvalue weighted by Gasteiger charge is 2.20. The highest BCUT2D eigenvalue weighted by Crippen LogP contribution is 2.25. The normalized spacial score (nSPS) is 18.6. The van der Waals surface area contributed by atoms with Crippen LogP contribution in [0.2, 0.25) is 0 Å². The van der Waals surface area contributed by atoms with Crippen LogP contribution in [0, 0.1) is 15.9 Å². The van der Waals surface area contributed by atoms with Crippen molar-refractivity contribution in [2.24, 2.45) is 0 Å². The van der Waals surface area contributed by atoms with E-state index in [9.17, 15) is 19.3 Å². The van der Waals surface area contributed by atoms with Crippen molar-refractivity contribution in [1.29, 1.82) is 0 Å². The molecule has 0 aliphatic carbocycles. The molecule has 0 aromatic heterocycles. The Kier molecular flexibility index (Phi) is 4.59. The second-order valence-electron chi connectivity index (χ2n) is 4.40. The molecule has 0 radical (unpaired) electrons.